The van der Waals surface area contributed by atoms with Gasteiger partial charge in [0.05, 0.1) is 12.3 Å². The Morgan fingerprint density at radius 2 is 2.22 bits per heavy atom. The third-order valence-corrected chi connectivity index (χ3v) is 3.95. The SMILES string of the molecule is [C-]#[N+]c1c(SC)nc2c(C)c(C3CC3)nn2c1N. The average molecular weight is 259 g/mol. The summed E-state index contributed by atoms with van der Waals surface area (Å²) in [6, 6.07) is 0. The fraction of sp³-hybridized carbons (Fsp3) is 0.417. The highest BCUT2D eigenvalue weighted by molar-refractivity contribution is 7.98. The van der Waals surface area contributed by atoms with E-state index in [4.69, 9.17) is 12.3 Å². The third kappa shape index (κ3) is 1.47. The Kier molecular flexibility index (Phi) is 2.45. The number of anilines is 1. The number of rotatable bonds is 2. The number of nitrogens with two attached hydrogens (primary N) is 1. The molecule has 5 nitrogen and oxygen atoms in total. The molecule has 0 saturated heterocycles. The number of hydrogen-bond acceptors (Lipinski definition) is 4. The molecule has 0 bridgehead atoms. The summed E-state index contributed by atoms with van der Waals surface area (Å²) in [4.78, 5) is 8.00. The van der Waals surface area contributed by atoms with Crippen LogP contribution in [0.2, 0.25) is 0 Å². The molecule has 1 saturated carbocycles. The van der Waals surface area contributed by atoms with Crippen molar-refractivity contribution in [2.45, 2.75) is 30.7 Å². The van der Waals surface area contributed by atoms with Crippen LogP contribution in [0.3, 0.4) is 0 Å². The Balaban J connectivity index is 2.35. The van der Waals surface area contributed by atoms with Crippen molar-refractivity contribution in [3.05, 3.63) is 22.7 Å². The summed E-state index contributed by atoms with van der Waals surface area (Å²) in [7, 11) is 0. The van der Waals surface area contributed by atoms with E-state index in [1.165, 1.54) is 24.6 Å². The Morgan fingerprint density at radius 1 is 1.50 bits per heavy atom. The van der Waals surface area contributed by atoms with E-state index < -0.39 is 0 Å². The molecule has 0 unspecified atom stereocenters. The molecule has 0 amide bonds. The molecule has 0 aromatic carbocycles. The van der Waals surface area contributed by atoms with Gasteiger partial charge in [0.15, 0.2) is 5.65 Å². The van der Waals surface area contributed by atoms with Gasteiger partial charge in [-0.25, -0.2) is 14.3 Å². The standard InChI is InChI=1S/C12H13N5S/c1-6-8(7-4-5-7)16-17-10(13)9(14-2)12(18-3)15-11(6)17/h7H,4-5,13H2,1,3H3. The molecule has 2 aromatic heterocycles. The Morgan fingerprint density at radius 3 is 2.78 bits per heavy atom. The van der Waals surface area contributed by atoms with E-state index in [1.807, 2.05) is 13.2 Å². The monoisotopic (exact) mass is 259 g/mol. The van der Waals surface area contributed by atoms with Crippen molar-refractivity contribution in [2.24, 2.45) is 0 Å². The van der Waals surface area contributed by atoms with Crippen molar-refractivity contribution in [2.75, 3.05) is 12.0 Å². The van der Waals surface area contributed by atoms with Gasteiger partial charge in [0.1, 0.15) is 10.8 Å². The maximum absolute atomic E-state index is 7.21. The van der Waals surface area contributed by atoms with Crippen molar-refractivity contribution in [1.82, 2.24) is 14.6 Å². The minimum Gasteiger partial charge on any atom is -0.392 e. The summed E-state index contributed by atoms with van der Waals surface area (Å²) in [6.07, 6.45) is 4.28. The number of hydrogen-bond donors (Lipinski definition) is 1. The van der Waals surface area contributed by atoms with Crippen LogP contribution >= 0.6 is 11.8 Å². The van der Waals surface area contributed by atoms with Crippen molar-refractivity contribution < 1.29 is 0 Å². The van der Waals surface area contributed by atoms with E-state index >= 15 is 0 Å². The summed E-state index contributed by atoms with van der Waals surface area (Å²) in [5.74, 6) is 0.953. The Labute approximate surface area is 109 Å². The van der Waals surface area contributed by atoms with E-state index in [9.17, 15) is 0 Å². The van der Waals surface area contributed by atoms with E-state index in [-0.39, 0.29) is 0 Å². The van der Waals surface area contributed by atoms with Crippen LogP contribution < -0.4 is 5.73 Å². The predicted octanol–water partition coefficient (Wildman–Crippen LogP) is 2.77. The zero-order valence-electron chi connectivity index (χ0n) is 10.3. The first-order valence-electron chi connectivity index (χ1n) is 5.77. The number of thioether (sulfide) groups is 1. The fourth-order valence-electron chi connectivity index (χ4n) is 2.15. The summed E-state index contributed by atoms with van der Waals surface area (Å²) < 4.78 is 1.62. The topological polar surface area (TPSA) is 60.6 Å². The van der Waals surface area contributed by atoms with Gasteiger partial charge in [-0.3, -0.25) is 0 Å². The molecule has 0 spiro atoms. The molecule has 2 aromatic rings. The van der Waals surface area contributed by atoms with Crippen molar-refractivity contribution in [1.29, 1.82) is 0 Å². The zero-order valence-corrected chi connectivity index (χ0v) is 11.1. The van der Waals surface area contributed by atoms with Crippen LogP contribution in [-0.2, 0) is 0 Å². The minimum atomic E-state index is 0.398. The summed E-state index contributed by atoms with van der Waals surface area (Å²) in [5, 5.41) is 5.22. The lowest BCUT2D eigenvalue weighted by atomic mass is 10.2. The second-order valence-electron chi connectivity index (χ2n) is 4.49. The van der Waals surface area contributed by atoms with Crippen molar-refractivity contribution in [3.8, 4) is 0 Å². The van der Waals surface area contributed by atoms with Crippen LogP contribution in [0, 0.1) is 13.5 Å². The highest BCUT2D eigenvalue weighted by atomic mass is 32.2. The first kappa shape index (κ1) is 11.4. The van der Waals surface area contributed by atoms with Gasteiger partial charge in [0, 0.05) is 11.5 Å². The van der Waals surface area contributed by atoms with Crippen LogP contribution in [0.1, 0.15) is 30.0 Å². The molecule has 0 atom stereocenters. The lowest BCUT2D eigenvalue weighted by Crippen LogP contribution is -2.02. The Bertz CT molecular complexity index is 678. The number of fused-ring (bicyclic) bond motifs is 1. The first-order valence-corrected chi connectivity index (χ1v) is 7.00. The zero-order chi connectivity index (χ0) is 12.9. The first-order chi connectivity index (χ1) is 8.67. The highest BCUT2D eigenvalue weighted by Gasteiger charge is 2.30. The highest BCUT2D eigenvalue weighted by Crippen LogP contribution is 2.42. The van der Waals surface area contributed by atoms with Gasteiger partial charge in [-0.15, -0.1) is 11.8 Å². The van der Waals surface area contributed by atoms with Gasteiger partial charge < -0.3 is 5.73 Å². The molecule has 1 fully saturated rings. The largest absolute Gasteiger partial charge is 0.392 e. The van der Waals surface area contributed by atoms with Gasteiger partial charge >= 0.3 is 0 Å². The number of nitrogen functional groups attached to an aromatic ring is 1. The lowest BCUT2D eigenvalue weighted by Gasteiger charge is -2.05. The molecule has 92 valence electrons. The fourth-order valence-corrected chi connectivity index (χ4v) is 2.68. The molecular formula is C12H13N5S. The van der Waals surface area contributed by atoms with Crippen molar-refractivity contribution >= 4 is 28.9 Å². The molecule has 3 rings (SSSR count). The second-order valence-corrected chi connectivity index (χ2v) is 5.28. The van der Waals surface area contributed by atoms with Crippen LogP contribution in [0.15, 0.2) is 5.03 Å². The van der Waals surface area contributed by atoms with E-state index in [0.717, 1.165) is 16.9 Å². The molecule has 1 aliphatic carbocycles. The van der Waals surface area contributed by atoms with Crippen LogP contribution in [0.25, 0.3) is 10.5 Å². The minimum absolute atomic E-state index is 0.398. The number of nitrogens with zero attached hydrogens (tertiary/aromatic N) is 4. The van der Waals surface area contributed by atoms with E-state index in [1.54, 1.807) is 4.52 Å². The third-order valence-electron chi connectivity index (χ3n) is 3.28. The van der Waals surface area contributed by atoms with Crippen LogP contribution in [-0.4, -0.2) is 20.9 Å². The normalized spacial score (nSPS) is 14.9. The molecule has 18 heavy (non-hydrogen) atoms. The van der Waals surface area contributed by atoms with E-state index in [2.05, 4.69) is 14.9 Å². The van der Waals surface area contributed by atoms with Gasteiger partial charge in [-0.2, -0.15) is 5.10 Å². The predicted molar refractivity (Wildman–Crippen MR) is 72.2 cm³/mol. The maximum Gasteiger partial charge on any atom is 0.259 e. The smallest absolute Gasteiger partial charge is 0.259 e. The number of aryl methyl sites for hydroxylation is 1. The van der Waals surface area contributed by atoms with Crippen LogP contribution in [0.4, 0.5) is 11.5 Å². The van der Waals surface area contributed by atoms with Crippen molar-refractivity contribution in [3.63, 3.8) is 0 Å². The molecule has 2 N–H and O–H groups in total. The summed E-state index contributed by atoms with van der Waals surface area (Å²) >= 11 is 1.45. The molecule has 0 radical (unpaired) electrons. The van der Waals surface area contributed by atoms with Gasteiger partial charge in [0.25, 0.3) is 5.69 Å². The van der Waals surface area contributed by atoms with Crippen LogP contribution in [0.5, 0.6) is 0 Å². The summed E-state index contributed by atoms with van der Waals surface area (Å²) in [6.45, 7) is 9.24. The van der Waals surface area contributed by atoms with Gasteiger partial charge in [0.2, 0.25) is 0 Å². The lowest BCUT2D eigenvalue weighted by molar-refractivity contribution is 0.882. The average Bonchev–Trinajstić information content (AvgIpc) is 3.15. The molecule has 0 aliphatic heterocycles. The Hall–Kier alpha value is -1.74. The molecular weight excluding hydrogens is 246 g/mol. The summed E-state index contributed by atoms with van der Waals surface area (Å²) in [5.41, 5.74) is 9.41. The molecule has 6 heteroatoms. The maximum atomic E-state index is 7.21. The molecule has 2 heterocycles. The number of aromatic nitrogens is 3. The second kappa shape index (κ2) is 3.89. The molecule has 1 aliphatic rings. The van der Waals surface area contributed by atoms with Gasteiger partial charge in [-0.1, -0.05) is 0 Å². The quantitative estimate of drug-likeness (QED) is 0.512. The van der Waals surface area contributed by atoms with Gasteiger partial charge in [-0.05, 0) is 26.0 Å². The van der Waals surface area contributed by atoms with E-state index in [0.29, 0.717) is 22.4 Å².